The third kappa shape index (κ3) is 3.18. The zero-order valence-corrected chi connectivity index (χ0v) is 14.4. The van der Waals surface area contributed by atoms with Crippen molar-refractivity contribution in [3.05, 3.63) is 100.0 Å². The van der Waals surface area contributed by atoms with Crippen LogP contribution in [0.4, 0.5) is 0 Å². The predicted octanol–water partition coefficient (Wildman–Crippen LogP) is 3.64. The quantitative estimate of drug-likeness (QED) is 0.788. The molecule has 1 unspecified atom stereocenters. The lowest BCUT2D eigenvalue weighted by atomic mass is 9.87. The third-order valence-electron chi connectivity index (χ3n) is 4.88. The minimum atomic E-state index is -0.157. The van der Waals surface area contributed by atoms with E-state index in [0.29, 0.717) is 5.56 Å². The zero-order valence-electron chi connectivity index (χ0n) is 14.4. The molecular formula is C22H20N2O2. The molecule has 2 aromatic carbocycles. The summed E-state index contributed by atoms with van der Waals surface area (Å²) in [6.45, 7) is 0. The number of pyridine rings is 1. The second-order valence-corrected chi connectivity index (χ2v) is 6.58. The summed E-state index contributed by atoms with van der Waals surface area (Å²) < 4.78 is 1.50. The number of nitrogens with one attached hydrogen (secondary N) is 1. The van der Waals surface area contributed by atoms with Crippen LogP contribution in [0.25, 0.3) is 5.69 Å². The SMILES string of the molecule is O=C(NC1CCCc2ccccc21)c1ccc(=O)n(-c2ccccc2)c1. The molecule has 4 nitrogen and oxygen atoms in total. The molecule has 0 fully saturated rings. The van der Waals surface area contributed by atoms with Crippen molar-refractivity contribution in [3.8, 4) is 5.69 Å². The van der Waals surface area contributed by atoms with Crippen molar-refractivity contribution in [3.63, 3.8) is 0 Å². The van der Waals surface area contributed by atoms with Gasteiger partial charge in [-0.2, -0.15) is 0 Å². The van der Waals surface area contributed by atoms with E-state index in [1.165, 1.54) is 21.8 Å². The van der Waals surface area contributed by atoms with Gasteiger partial charge in [-0.25, -0.2) is 0 Å². The zero-order chi connectivity index (χ0) is 17.9. The van der Waals surface area contributed by atoms with E-state index in [4.69, 9.17) is 0 Å². The van der Waals surface area contributed by atoms with Crippen LogP contribution in [0.5, 0.6) is 0 Å². The Hall–Kier alpha value is -3.14. The molecule has 1 aliphatic carbocycles. The topological polar surface area (TPSA) is 51.1 Å². The van der Waals surface area contributed by atoms with Gasteiger partial charge in [-0.1, -0.05) is 42.5 Å². The van der Waals surface area contributed by atoms with Crippen LogP contribution in [0.3, 0.4) is 0 Å². The Morgan fingerprint density at radius 1 is 0.962 bits per heavy atom. The molecule has 4 heteroatoms. The lowest BCUT2D eigenvalue weighted by Gasteiger charge is -2.26. The number of para-hydroxylation sites is 1. The lowest BCUT2D eigenvalue weighted by Crippen LogP contribution is -2.32. The first-order valence-electron chi connectivity index (χ1n) is 8.89. The molecule has 1 amide bonds. The van der Waals surface area contributed by atoms with Gasteiger partial charge < -0.3 is 5.32 Å². The Morgan fingerprint density at radius 3 is 2.58 bits per heavy atom. The van der Waals surface area contributed by atoms with Crippen LogP contribution < -0.4 is 10.9 Å². The smallest absolute Gasteiger partial charge is 0.255 e. The highest BCUT2D eigenvalue weighted by molar-refractivity contribution is 5.94. The summed E-state index contributed by atoms with van der Waals surface area (Å²) in [6.07, 6.45) is 4.66. The Balaban J connectivity index is 1.61. The number of carbonyl (C=O) groups excluding carboxylic acids is 1. The second kappa shape index (κ2) is 7.00. The fourth-order valence-electron chi connectivity index (χ4n) is 3.56. The summed E-state index contributed by atoms with van der Waals surface area (Å²) in [7, 11) is 0. The van der Waals surface area contributed by atoms with E-state index in [0.717, 1.165) is 24.9 Å². The first-order chi connectivity index (χ1) is 12.7. The third-order valence-corrected chi connectivity index (χ3v) is 4.88. The Kier molecular flexibility index (Phi) is 4.40. The molecule has 130 valence electrons. The summed E-state index contributed by atoms with van der Waals surface area (Å²) in [5.41, 5.74) is 3.57. The molecule has 1 heterocycles. The van der Waals surface area contributed by atoms with E-state index >= 15 is 0 Å². The molecule has 0 radical (unpaired) electrons. The van der Waals surface area contributed by atoms with Crippen LogP contribution in [-0.4, -0.2) is 10.5 Å². The molecule has 0 spiro atoms. The molecule has 1 N–H and O–H groups in total. The van der Waals surface area contributed by atoms with Gasteiger partial charge in [0, 0.05) is 18.0 Å². The van der Waals surface area contributed by atoms with Crippen molar-refractivity contribution in [2.45, 2.75) is 25.3 Å². The van der Waals surface area contributed by atoms with Crippen molar-refractivity contribution in [2.75, 3.05) is 0 Å². The molecule has 0 aliphatic heterocycles. The number of carbonyl (C=O) groups is 1. The summed E-state index contributed by atoms with van der Waals surface area (Å²) in [5.74, 6) is -0.156. The van der Waals surface area contributed by atoms with Gasteiger partial charge in [0.2, 0.25) is 0 Å². The number of aromatic nitrogens is 1. The number of rotatable bonds is 3. The molecule has 4 rings (SSSR count). The van der Waals surface area contributed by atoms with Crippen LogP contribution in [0, 0.1) is 0 Å². The van der Waals surface area contributed by atoms with E-state index in [-0.39, 0.29) is 17.5 Å². The summed E-state index contributed by atoms with van der Waals surface area (Å²) in [4.78, 5) is 25.0. The summed E-state index contributed by atoms with van der Waals surface area (Å²) in [6, 6.07) is 20.6. The Bertz CT molecular complexity index is 992. The molecule has 0 saturated carbocycles. The number of nitrogens with zero attached hydrogens (tertiary/aromatic N) is 1. The first kappa shape index (κ1) is 16.3. The van der Waals surface area contributed by atoms with Crippen LogP contribution in [-0.2, 0) is 6.42 Å². The molecule has 26 heavy (non-hydrogen) atoms. The fraction of sp³-hybridized carbons (Fsp3) is 0.182. The van der Waals surface area contributed by atoms with Gasteiger partial charge in [0.25, 0.3) is 11.5 Å². The highest BCUT2D eigenvalue weighted by atomic mass is 16.2. The normalized spacial score (nSPS) is 15.9. The monoisotopic (exact) mass is 344 g/mol. The van der Waals surface area contributed by atoms with Gasteiger partial charge in [0.15, 0.2) is 0 Å². The van der Waals surface area contributed by atoms with Crippen LogP contribution in [0.1, 0.15) is 40.4 Å². The molecule has 3 aromatic rings. The Labute approximate surface area is 152 Å². The van der Waals surface area contributed by atoms with Gasteiger partial charge in [-0.3, -0.25) is 14.2 Å². The van der Waals surface area contributed by atoms with Gasteiger partial charge in [-0.05, 0) is 48.6 Å². The summed E-state index contributed by atoms with van der Waals surface area (Å²) >= 11 is 0. The van der Waals surface area contributed by atoms with E-state index in [2.05, 4.69) is 17.4 Å². The Morgan fingerprint density at radius 2 is 1.73 bits per heavy atom. The predicted molar refractivity (Wildman–Crippen MR) is 102 cm³/mol. The standard InChI is InChI=1S/C22H20N2O2/c25-21-14-13-17(15-24(21)18-9-2-1-3-10-18)22(26)23-20-12-6-8-16-7-4-5-11-19(16)20/h1-5,7,9-11,13-15,20H,6,8,12H2,(H,23,26). The molecule has 1 aromatic heterocycles. The van der Waals surface area contributed by atoms with Gasteiger partial charge >= 0.3 is 0 Å². The molecule has 1 atom stereocenters. The number of aryl methyl sites for hydroxylation is 1. The summed E-state index contributed by atoms with van der Waals surface area (Å²) in [5, 5.41) is 3.14. The van der Waals surface area contributed by atoms with Crippen molar-refractivity contribution >= 4 is 5.91 Å². The maximum atomic E-state index is 12.8. The van der Waals surface area contributed by atoms with Crippen molar-refractivity contribution in [1.29, 1.82) is 0 Å². The number of benzene rings is 2. The average Bonchev–Trinajstić information content (AvgIpc) is 2.69. The molecule has 1 aliphatic rings. The fourth-order valence-corrected chi connectivity index (χ4v) is 3.56. The number of hydrogen-bond donors (Lipinski definition) is 1. The van der Waals surface area contributed by atoms with Gasteiger partial charge in [0.1, 0.15) is 0 Å². The van der Waals surface area contributed by atoms with Crippen LogP contribution in [0.15, 0.2) is 77.7 Å². The van der Waals surface area contributed by atoms with Gasteiger partial charge in [-0.15, -0.1) is 0 Å². The van der Waals surface area contributed by atoms with E-state index in [9.17, 15) is 9.59 Å². The number of hydrogen-bond acceptors (Lipinski definition) is 2. The van der Waals surface area contributed by atoms with Crippen LogP contribution >= 0.6 is 0 Å². The largest absolute Gasteiger partial charge is 0.345 e. The van der Waals surface area contributed by atoms with Crippen molar-refractivity contribution < 1.29 is 4.79 Å². The second-order valence-electron chi connectivity index (χ2n) is 6.58. The van der Waals surface area contributed by atoms with Gasteiger partial charge in [0.05, 0.1) is 11.6 Å². The highest BCUT2D eigenvalue weighted by Crippen LogP contribution is 2.29. The number of fused-ring (bicyclic) bond motifs is 1. The first-order valence-corrected chi connectivity index (χ1v) is 8.89. The average molecular weight is 344 g/mol. The molecule has 0 saturated heterocycles. The maximum Gasteiger partial charge on any atom is 0.255 e. The van der Waals surface area contributed by atoms with Crippen molar-refractivity contribution in [1.82, 2.24) is 9.88 Å². The van der Waals surface area contributed by atoms with Crippen LogP contribution in [0.2, 0.25) is 0 Å². The lowest BCUT2D eigenvalue weighted by molar-refractivity contribution is 0.0932. The van der Waals surface area contributed by atoms with E-state index in [1.54, 1.807) is 12.3 Å². The minimum absolute atomic E-state index is 0.0181. The number of amides is 1. The maximum absolute atomic E-state index is 12.8. The molecular weight excluding hydrogens is 324 g/mol. The minimum Gasteiger partial charge on any atom is -0.345 e. The van der Waals surface area contributed by atoms with E-state index < -0.39 is 0 Å². The highest BCUT2D eigenvalue weighted by Gasteiger charge is 2.22. The molecule has 0 bridgehead atoms. The van der Waals surface area contributed by atoms with Crippen molar-refractivity contribution in [2.24, 2.45) is 0 Å². The van der Waals surface area contributed by atoms with E-state index in [1.807, 2.05) is 42.5 Å².